The second-order valence-corrected chi connectivity index (χ2v) is 3.45. The van der Waals surface area contributed by atoms with Crippen LogP contribution >= 0.6 is 0 Å². The molecular formula is C13H16O2. The number of rotatable bonds is 5. The highest BCUT2D eigenvalue weighted by atomic mass is 16.3. The Labute approximate surface area is 90.3 Å². The maximum absolute atomic E-state index is 10.6. The number of aldehydes is 1. The number of para-hydroxylation sites is 1. The van der Waals surface area contributed by atoms with E-state index in [-0.39, 0.29) is 5.75 Å². The Kier molecular flexibility index (Phi) is 4.61. The second kappa shape index (κ2) is 6.02. The van der Waals surface area contributed by atoms with E-state index in [2.05, 4.69) is 6.92 Å². The summed E-state index contributed by atoms with van der Waals surface area (Å²) >= 11 is 0. The normalized spacial score (nSPS) is 10.7. The van der Waals surface area contributed by atoms with Crippen molar-refractivity contribution in [2.45, 2.75) is 26.2 Å². The number of unbranched alkanes of at least 4 members (excludes halogenated alkanes) is 2. The first-order valence-electron chi connectivity index (χ1n) is 5.23. The quantitative estimate of drug-likeness (QED) is 0.589. The number of benzene rings is 1. The minimum Gasteiger partial charge on any atom is -0.507 e. The lowest BCUT2D eigenvalue weighted by atomic mass is 10.1. The molecule has 0 unspecified atom stereocenters. The van der Waals surface area contributed by atoms with Crippen LogP contribution in [0.15, 0.2) is 24.3 Å². The lowest BCUT2D eigenvalue weighted by molar-refractivity contribution is 0.112. The third-order valence-electron chi connectivity index (χ3n) is 2.25. The lowest BCUT2D eigenvalue weighted by Gasteiger charge is -2.00. The van der Waals surface area contributed by atoms with Gasteiger partial charge in [-0.1, -0.05) is 44.1 Å². The molecule has 0 spiro atoms. The zero-order valence-electron chi connectivity index (χ0n) is 8.94. The van der Waals surface area contributed by atoms with Crippen molar-refractivity contribution in [3.05, 3.63) is 35.4 Å². The molecule has 80 valence electrons. The van der Waals surface area contributed by atoms with Gasteiger partial charge in [0.1, 0.15) is 5.75 Å². The molecule has 2 heteroatoms. The zero-order chi connectivity index (χ0) is 11.1. The van der Waals surface area contributed by atoms with Gasteiger partial charge in [-0.3, -0.25) is 4.79 Å². The van der Waals surface area contributed by atoms with E-state index in [0.29, 0.717) is 17.4 Å². The molecule has 0 aliphatic rings. The number of phenols is 1. The van der Waals surface area contributed by atoms with Crippen LogP contribution in [-0.4, -0.2) is 11.4 Å². The number of hydrogen-bond donors (Lipinski definition) is 1. The average molecular weight is 204 g/mol. The Balaban J connectivity index is 2.76. The highest BCUT2D eigenvalue weighted by molar-refractivity contribution is 5.82. The summed E-state index contributed by atoms with van der Waals surface area (Å²) in [5.74, 6) is 0.0697. The molecule has 0 bridgehead atoms. The minimum absolute atomic E-state index is 0.0697. The Morgan fingerprint density at radius 3 is 2.73 bits per heavy atom. The van der Waals surface area contributed by atoms with E-state index in [1.165, 1.54) is 0 Å². The summed E-state index contributed by atoms with van der Waals surface area (Å²) < 4.78 is 0. The van der Waals surface area contributed by atoms with Crippen LogP contribution in [0.5, 0.6) is 5.75 Å². The van der Waals surface area contributed by atoms with Crippen LogP contribution in [0.2, 0.25) is 0 Å². The molecule has 0 saturated carbocycles. The van der Waals surface area contributed by atoms with Crippen LogP contribution in [0.3, 0.4) is 0 Å². The van der Waals surface area contributed by atoms with Gasteiger partial charge in [0.15, 0.2) is 6.29 Å². The molecule has 0 heterocycles. The summed E-state index contributed by atoms with van der Waals surface area (Å²) in [6.45, 7) is 2.14. The molecule has 0 aliphatic carbocycles. The monoisotopic (exact) mass is 204 g/mol. The number of carbonyl (C=O) groups is 1. The van der Waals surface area contributed by atoms with Gasteiger partial charge in [-0.2, -0.15) is 0 Å². The van der Waals surface area contributed by atoms with E-state index >= 15 is 0 Å². The van der Waals surface area contributed by atoms with Gasteiger partial charge < -0.3 is 5.11 Å². The molecule has 0 fully saturated rings. The first-order chi connectivity index (χ1) is 7.29. The van der Waals surface area contributed by atoms with E-state index in [0.717, 1.165) is 19.3 Å². The molecule has 0 aliphatic heterocycles. The van der Waals surface area contributed by atoms with E-state index < -0.39 is 0 Å². The first kappa shape index (κ1) is 11.5. The third kappa shape index (κ3) is 3.24. The number of hydrogen-bond acceptors (Lipinski definition) is 2. The molecule has 2 nitrogen and oxygen atoms in total. The van der Waals surface area contributed by atoms with Crippen molar-refractivity contribution < 1.29 is 9.90 Å². The summed E-state index contributed by atoms with van der Waals surface area (Å²) in [6, 6.07) is 5.17. The average Bonchev–Trinajstić information content (AvgIpc) is 2.26. The third-order valence-corrected chi connectivity index (χ3v) is 2.25. The SMILES string of the molecule is CCCCC=Cc1cccc(C=O)c1O. The van der Waals surface area contributed by atoms with Crippen LogP contribution in [0.25, 0.3) is 6.08 Å². The van der Waals surface area contributed by atoms with Crippen LogP contribution in [0.1, 0.15) is 42.1 Å². The van der Waals surface area contributed by atoms with Crippen LogP contribution in [0.4, 0.5) is 0 Å². The molecule has 0 saturated heterocycles. The minimum atomic E-state index is 0.0697. The summed E-state index contributed by atoms with van der Waals surface area (Å²) in [5, 5.41) is 9.66. The van der Waals surface area contributed by atoms with E-state index in [9.17, 15) is 9.90 Å². The summed E-state index contributed by atoms with van der Waals surface area (Å²) in [5.41, 5.74) is 1.04. The zero-order valence-corrected chi connectivity index (χ0v) is 8.94. The summed E-state index contributed by atoms with van der Waals surface area (Å²) in [4.78, 5) is 10.6. The Morgan fingerprint density at radius 1 is 1.33 bits per heavy atom. The molecule has 1 rings (SSSR count). The molecule has 1 N–H and O–H groups in total. The van der Waals surface area contributed by atoms with Gasteiger partial charge in [0.05, 0.1) is 5.56 Å². The van der Waals surface area contributed by atoms with Gasteiger partial charge in [-0.25, -0.2) is 0 Å². The fourth-order valence-corrected chi connectivity index (χ4v) is 1.34. The number of carbonyl (C=O) groups excluding carboxylic acids is 1. The van der Waals surface area contributed by atoms with Gasteiger partial charge in [-0.15, -0.1) is 0 Å². The van der Waals surface area contributed by atoms with Crippen molar-refractivity contribution in [1.29, 1.82) is 0 Å². The maximum atomic E-state index is 10.6. The van der Waals surface area contributed by atoms with Crippen molar-refractivity contribution in [2.24, 2.45) is 0 Å². The molecular weight excluding hydrogens is 188 g/mol. The van der Waals surface area contributed by atoms with Crippen molar-refractivity contribution in [1.82, 2.24) is 0 Å². The van der Waals surface area contributed by atoms with Crippen molar-refractivity contribution >= 4 is 12.4 Å². The van der Waals surface area contributed by atoms with Gasteiger partial charge in [0.25, 0.3) is 0 Å². The molecule has 1 aromatic rings. The Hall–Kier alpha value is -1.57. The van der Waals surface area contributed by atoms with E-state index in [1.807, 2.05) is 12.2 Å². The summed E-state index contributed by atoms with van der Waals surface area (Å²) in [6.07, 6.45) is 7.85. The largest absolute Gasteiger partial charge is 0.507 e. The highest BCUT2D eigenvalue weighted by Gasteiger charge is 2.02. The number of phenolic OH excluding ortho intramolecular Hbond substituents is 1. The van der Waals surface area contributed by atoms with Crippen molar-refractivity contribution in [3.8, 4) is 5.75 Å². The maximum Gasteiger partial charge on any atom is 0.153 e. The highest BCUT2D eigenvalue weighted by Crippen LogP contribution is 2.22. The predicted octanol–water partition coefficient (Wildman–Crippen LogP) is 3.41. The van der Waals surface area contributed by atoms with E-state index in [4.69, 9.17) is 0 Å². The fourth-order valence-electron chi connectivity index (χ4n) is 1.34. The van der Waals surface area contributed by atoms with Gasteiger partial charge in [0.2, 0.25) is 0 Å². The van der Waals surface area contributed by atoms with Gasteiger partial charge in [0, 0.05) is 5.56 Å². The van der Waals surface area contributed by atoms with Gasteiger partial charge in [-0.05, 0) is 12.5 Å². The fraction of sp³-hybridized carbons (Fsp3) is 0.308. The number of aromatic hydroxyl groups is 1. The van der Waals surface area contributed by atoms with Crippen LogP contribution in [0, 0.1) is 0 Å². The molecule has 0 amide bonds. The molecule has 1 aromatic carbocycles. The second-order valence-electron chi connectivity index (χ2n) is 3.45. The smallest absolute Gasteiger partial charge is 0.153 e. The number of allylic oxidation sites excluding steroid dienone is 1. The molecule has 0 aromatic heterocycles. The van der Waals surface area contributed by atoms with Crippen LogP contribution < -0.4 is 0 Å². The van der Waals surface area contributed by atoms with Crippen LogP contribution in [-0.2, 0) is 0 Å². The summed E-state index contributed by atoms with van der Waals surface area (Å²) in [7, 11) is 0. The standard InChI is InChI=1S/C13H16O2/c1-2-3-4-5-7-11-8-6-9-12(10-14)13(11)15/h5-10,15H,2-4H2,1H3. The molecule has 0 atom stereocenters. The lowest BCUT2D eigenvalue weighted by Crippen LogP contribution is -1.83. The van der Waals surface area contributed by atoms with Crippen molar-refractivity contribution in [3.63, 3.8) is 0 Å². The molecule has 15 heavy (non-hydrogen) atoms. The van der Waals surface area contributed by atoms with Gasteiger partial charge >= 0.3 is 0 Å². The van der Waals surface area contributed by atoms with E-state index in [1.54, 1.807) is 18.2 Å². The van der Waals surface area contributed by atoms with Crippen molar-refractivity contribution in [2.75, 3.05) is 0 Å². The topological polar surface area (TPSA) is 37.3 Å². The predicted molar refractivity (Wildman–Crippen MR) is 62.1 cm³/mol. The molecule has 0 radical (unpaired) electrons. The first-order valence-corrected chi connectivity index (χ1v) is 5.23. The Morgan fingerprint density at radius 2 is 2.07 bits per heavy atom. The Bertz CT molecular complexity index is 354.